The minimum Gasteiger partial charge on any atom is -0.453 e. The molecule has 0 amide bonds. The third-order valence-electron chi connectivity index (χ3n) is 4.36. The molecule has 0 aliphatic carbocycles. The summed E-state index contributed by atoms with van der Waals surface area (Å²) in [7, 11) is 1.64. The van der Waals surface area contributed by atoms with Crippen LogP contribution in [0.25, 0.3) is 21.9 Å². The zero-order chi connectivity index (χ0) is 16.8. The average Bonchev–Trinajstić information content (AvgIpc) is 2.86. The van der Waals surface area contributed by atoms with Gasteiger partial charge < -0.3 is 14.2 Å². The third-order valence-corrected chi connectivity index (χ3v) is 4.66. The topological polar surface area (TPSA) is 55.5 Å². The van der Waals surface area contributed by atoms with Crippen molar-refractivity contribution < 1.29 is 14.2 Å². The number of fused-ring (bicyclic) bond motifs is 3. The van der Waals surface area contributed by atoms with Crippen LogP contribution >= 0.6 is 11.6 Å². The van der Waals surface area contributed by atoms with Crippen LogP contribution in [0.2, 0.25) is 5.02 Å². The largest absolute Gasteiger partial charge is 0.453 e. The molecule has 0 spiro atoms. The van der Waals surface area contributed by atoms with E-state index in [2.05, 4.69) is 4.98 Å². The number of aliphatic hydroxyl groups is 1. The normalized spacial score (nSPS) is 13.0. The van der Waals surface area contributed by atoms with Crippen LogP contribution in [0.5, 0.6) is 0 Å². The molecular weight excluding hydrogens is 312 g/mol. The number of aromatic nitrogens is 1. The molecule has 3 aromatic rings. The van der Waals surface area contributed by atoms with Gasteiger partial charge >= 0.3 is 7.48 Å². The molecule has 3 rings (SSSR count). The van der Waals surface area contributed by atoms with E-state index in [9.17, 15) is 5.11 Å². The van der Waals surface area contributed by atoms with Gasteiger partial charge in [-0.1, -0.05) is 17.7 Å². The Morgan fingerprint density at radius 2 is 1.96 bits per heavy atom. The molecule has 0 bridgehead atoms. The van der Waals surface area contributed by atoms with Gasteiger partial charge in [0.1, 0.15) is 0 Å². The lowest BCUT2D eigenvalue weighted by molar-refractivity contribution is -0.0893. The molecule has 2 aromatic heterocycles. The van der Waals surface area contributed by atoms with Gasteiger partial charge in [0.25, 0.3) is 0 Å². The predicted octanol–water partition coefficient (Wildman–Crippen LogP) is 3.45. The summed E-state index contributed by atoms with van der Waals surface area (Å²) >= 11 is 6.25. The molecule has 1 aromatic carbocycles. The number of halogens is 1. The second-order valence-electron chi connectivity index (χ2n) is 6.62. The fourth-order valence-electron chi connectivity index (χ4n) is 2.18. The van der Waals surface area contributed by atoms with Crippen LogP contribution in [0.4, 0.5) is 0 Å². The highest BCUT2D eigenvalue weighted by Gasteiger charge is 2.36. The lowest BCUT2D eigenvalue weighted by Crippen LogP contribution is -2.49. The Morgan fingerprint density at radius 3 is 2.65 bits per heavy atom. The summed E-state index contributed by atoms with van der Waals surface area (Å²) in [6, 6.07) is 5.53. The Labute approximate surface area is 140 Å². The van der Waals surface area contributed by atoms with E-state index in [1.165, 1.54) is 0 Å². The van der Waals surface area contributed by atoms with Crippen LogP contribution in [0, 0.1) is 0 Å². The second-order valence-corrected chi connectivity index (χ2v) is 7.03. The van der Waals surface area contributed by atoms with Crippen molar-refractivity contribution in [1.82, 2.24) is 4.98 Å². The quantitative estimate of drug-likeness (QED) is 0.745. The molecule has 23 heavy (non-hydrogen) atoms. The van der Waals surface area contributed by atoms with Gasteiger partial charge in [-0.3, -0.25) is 4.98 Å². The van der Waals surface area contributed by atoms with Crippen molar-refractivity contribution >= 4 is 46.5 Å². The maximum atomic E-state index is 10.2. The average molecular weight is 331 g/mol. The van der Waals surface area contributed by atoms with Gasteiger partial charge in [-0.2, -0.15) is 0 Å². The van der Waals surface area contributed by atoms with Crippen molar-refractivity contribution in [3.05, 3.63) is 35.6 Å². The zero-order valence-corrected chi connectivity index (χ0v) is 14.3. The number of furan rings is 1. The molecule has 1 N–H and O–H groups in total. The van der Waals surface area contributed by atoms with E-state index in [1.807, 2.05) is 26.0 Å². The fourth-order valence-corrected chi connectivity index (χ4v) is 2.38. The fraction of sp³-hybridized carbons (Fsp3) is 0.353. The Kier molecular flexibility index (Phi) is 3.91. The molecule has 0 atom stereocenters. The molecule has 0 fully saturated rings. The standard InChI is InChI=1S/C17H18BClNO3/c1-16(2,21)17(3,4)23-18-11-5-6-12(19)15-14(11)10-7-8-20-9-13(10)22-15/h5-9,21H,1-4H3. The minimum absolute atomic E-state index is 0.537. The van der Waals surface area contributed by atoms with Gasteiger partial charge in [-0.05, 0) is 45.3 Å². The number of nitrogens with zero attached hydrogens (tertiary/aromatic N) is 1. The summed E-state index contributed by atoms with van der Waals surface area (Å²) in [4.78, 5) is 4.07. The number of hydrogen-bond acceptors (Lipinski definition) is 4. The second kappa shape index (κ2) is 5.51. The van der Waals surface area contributed by atoms with Crippen LogP contribution in [-0.4, -0.2) is 28.8 Å². The van der Waals surface area contributed by atoms with E-state index in [4.69, 9.17) is 20.7 Å². The highest BCUT2D eigenvalue weighted by molar-refractivity contribution is 6.54. The first-order valence-electron chi connectivity index (χ1n) is 7.39. The van der Waals surface area contributed by atoms with Gasteiger partial charge in [0.15, 0.2) is 11.2 Å². The Bertz CT molecular complexity index is 867. The summed E-state index contributed by atoms with van der Waals surface area (Å²) in [5.74, 6) is 0. The van der Waals surface area contributed by atoms with Gasteiger partial charge in [0.05, 0.1) is 22.4 Å². The van der Waals surface area contributed by atoms with Gasteiger partial charge in [0, 0.05) is 17.0 Å². The molecule has 119 valence electrons. The maximum absolute atomic E-state index is 10.2. The van der Waals surface area contributed by atoms with Crippen molar-refractivity contribution in [2.45, 2.75) is 38.9 Å². The summed E-state index contributed by atoms with van der Waals surface area (Å²) in [6.45, 7) is 7.12. The summed E-state index contributed by atoms with van der Waals surface area (Å²) in [5.41, 5.74) is 0.379. The van der Waals surface area contributed by atoms with Gasteiger partial charge in [-0.25, -0.2) is 0 Å². The highest BCUT2D eigenvalue weighted by atomic mass is 35.5. The van der Waals surface area contributed by atoms with Crippen molar-refractivity contribution in [3.8, 4) is 0 Å². The Hall–Kier alpha value is -1.56. The van der Waals surface area contributed by atoms with Crippen LogP contribution < -0.4 is 5.46 Å². The third kappa shape index (κ3) is 2.85. The monoisotopic (exact) mass is 330 g/mol. The van der Waals surface area contributed by atoms with E-state index in [1.54, 1.807) is 39.8 Å². The minimum atomic E-state index is -0.989. The lowest BCUT2D eigenvalue weighted by atomic mass is 9.80. The molecule has 0 saturated heterocycles. The number of pyridine rings is 1. The molecule has 2 heterocycles. The maximum Gasteiger partial charge on any atom is 0.331 e. The summed E-state index contributed by atoms with van der Waals surface area (Å²) < 4.78 is 11.7. The Morgan fingerprint density at radius 1 is 1.22 bits per heavy atom. The van der Waals surface area contributed by atoms with E-state index < -0.39 is 11.2 Å². The van der Waals surface area contributed by atoms with E-state index in [0.717, 1.165) is 16.2 Å². The van der Waals surface area contributed by atoms with Crippen LogP contribution in [-0.2, 0) is 4.65 Å². The van der Waals surface area contributed by atoms with Crippen molar-refractivity contribution in [1.29, 1.82) is 0 Å². The SMILES string of the molecule is CC(C)(O)C(C)(C)O[B]c1ccc(Cl)c2oc3cnccc3c12. The van der Waals surface area contributed by atoms with Crippen LogP contribution in [0.1, 0.15) is 27.7 Å². The first-order chi connectivity index (χ1) is 10.7. The summed E-state index contributed by atoms with van der Waals surface area (Å²) in [5, 5.41) is 12.6. The van der Waals surface area contributed by atoms with Crippen molar-refractivity contribution in [2.75, 3.05) is 0 Å². The molecule has 1 radical (unpaired) electrons. The van der Waals surface area contributed by atoms with Crippen LogP contribution in [0.15, 0.2) is 35.0 Å². The molecule has 6 heteroatoms. The zero-order valence-electron chi connectivity index (χ0n) is 13.6. The van der Waals surface area contributed by atoms with E-state index in [0.29, 0.717) is 16.2 Å². The number of rotatable bonds is 4. The predicted molar refractivity (Wildman–Crippen MR) is 93.4 cm³/mol. The first-order valence-corrected chi connectivity index (χ1v) is 7.77. The summed E-state index contributed by atoms with van der Waals surface area (Å²) in [6.07, 6.45) is 3.38. The van der Waals surface area contributed by atoms with Crippen molar-refractivity contribution in [2.24, 2.45) is 0 Å². The van der Waals surface area contributed by atoms with Gasteiger partial charge in [-0.15, -0.1) is 0 Å². The Balaban J connectivity index is 2.07. The van der Waals surface area contributed by atoms with E-state index in [-0.39, 0.29) is 0 Å². The number of hydrogen-bond donors (Lipinski definition) is 1. The molecule has 0 aliphatic heterocycles. The molecule has 4 nitrogen and oxygen atoms in total. The molecule has 0 aliphatic rings. The lowest BCUT2D eigenvalue weighted by Gasteiger charge is -2.37. The van der Waals surface area contributed by atoms with Crippen LogP contribution in [0.3, 0.4) is 0 Å². The first kappa shape index (κ1) is 16.3. The van der Waals surface area contributed by atoms with Gasteiger partial charge in [0.2, 0.25) is 0 Å². The molecular formula is C17H18BClNO3. The molecule has 0 unspecified atom stereocenters. The smallest absolute Gasteiger partial charge is 0.331 e. The van der Waals surface area contributed by atoms with Crippen molar-refractivity contribution in [3.63, 3.8) is 0 Å². The number of benzene rings is 1. The highest BCUT2D eigenvalue weighted by Crippen LogP contribution is 2.32. The molecule has 0 saturated carbocycles. The van der Waals surface area contributed by atoms with E-state index >= 15 is 0 Å².